The standard InChI is InChI=1S/C19H23N3O2S2/c23-17(21-19(24)20-13-4-1-2-5-13)12-22-9-7-15-14(8-11-26-15)18(22)16-6-3-10-25-16/h3,6,8,10-11,13,18H,1-2,4-5,7,9,12H2,(H2,20,21,23,24)/p+1/t18-/m1/s1. The number of rotatable bonds is 4. The molecule has 0 spiro atoms. The predicted molar refractivity (Wildman–Crippen MR) is 104 cm³/mol. The van der Waals surface area contributed by atoms with E-state index >= 15 is 0 Å². The van der Waals surface area contributed by atoms with Crippen molar-refractivity contribution in [3.8, 4) is 0 Å². The molecule has 2 aromatic heterocycles. The third-order valence-corrected chi connectivity index (χ3v) is 7.26. The number of imide groups is 1. The summed E-state index contributed by atoms with van der Waals surface area (Å²) in [5.41, 5.74) is 1.34. The summed E-state index contributed by atoms with van der Waals surface area (Å²) in [6, 6.07) is 6.46. The summed E-state index contributed by atoms with van der Waals surface area (Å²) in [4.78, 5) is 28.5. The molecule has 3 heterocycles. The van der Waals surface area contributed by atoms with Crippen molar-refractivity contribution in [1.29, 1.82) is 0 Å². The number of fused-ring (bicyclic) bond motifs is 1. The van der Waals surface area contributed by atoms with Gasteiger partial charge in [0.05, 0.1) is 11.4 Å². The molecule has 5 nitrogen and oxygen atoms in total. The second kappa shape index (κ2) is 7.90. The highest BCUT2D eigenvalue weighted by Gasteiger charge is 2.35. The number of amides is 3. The van der Waals surface area contributed by atoms with Crippen LogP contribution in [-0.4, -0.2) is 31.1 Å². The van der Waals surface area contributed by atoms with Gasteiger partial charge < -0.3 is 10.2 Å². The lowest BCUT2D eigenvalue weighted by atomic mass is 9.98. The van der Waals surface area contributed by atoms with Crippen LogP contribution in [0.4, 0.5) is 4.79 Å². The summed E-state index contributed by atoms with van der Waals surface area (Å²) in [5.74, 6) is -0.198. The van der Waals surface area contributed by atoms with Gasteiger partial charge in [0.25, 0.3) is 5.91 Å². The van der Waals surface area contributed by atoms with Gasteiger partial charge in [-0.15, -0.1) is 22.7 Å². The molecule has 0 saturated heterocycles. The SMILES string of the molecule is O=C(C[NH+]1CCc2sccc2[C@@H]1c1cccs1)NC(=O)NC1CCCC1. The maximum Gasteiger partial charge on any atom is 0.321 e. The van der Waals surface area contributed by atoms with Crippen molar-refractivity contribution in [3.05, 3.63) is 44.3 Å². The van der Waals surface area contributed by atoms with E-state index in [0.29, 0.717) is 6.54 Å². The lowest BCUT2D eigenvalue weighted by molar-refractivity contribution is -0.919. The first-order chi connectivity index (χ1) is 12.7. The minimum atomic E-state index is -0.345. The summed E-state index contributed by atoms with van der Waals surface area (Å²) in [5, 5.41) is 9.68. The molecule has 0 aromatic carbocycles. The van der Waals surface area contributed by atoms with Gasteiger partial charge >= 0.3 is 6.03 Å². The molecular formula is C19H24N3O2S2+. The van der Waals surface area contributed by atoms with Crippen LogP contribution in [0.5, 0.6) is 0 Å². The van der Waals surface area contributed by atoms with E-state index in [-0.39, 0.29) is 24.0 Å². The number of hydrogen-bond donors (Lipinski definition) is 3. The molecule has 2 aromatic rings. The number of thiophene rings is 2. The molecule has 1 fully saturated rings. The molecule has 1 unspecified atom stereocenters. The van der Waals surface area contributed by atoms with E-state index in [1.807, 2.05) is 0 Å². The topological polar surface area (TPSA) is 62.6 Å². The monoisotopic (exact) mass is 390 g/mol. The van der Waals surface area contributed by atoms with Gasteiger partial charge in [0, 0.05) is 22.9 Å². The fourth-order valence-electron chi connectivity index (χ4n) is 4.12. The number of quaternary nitrogens is 1. The average Bonchev–Trinajstić information content (AvgIpc) is 3.36. The van der Waals surface area contributed by atoms with Crippen LogP contribution in [0.2, 0.25) is 0 Å². The van der Waals surface area contributed by atoms with Crippen molar-refractivity contribution in [2.75, 3.05) is 13.1 Å². The quantitative estimate of drug-likeness (QED) is 0.749. The number of carbonyl (C=O) groups is 2. The molecule has 1 aliphatic heterocycles. The number of urea groups is 1. The Morgan fingerprint density at radius 3 is 2.77 bits per heavy atom. The molecule has 0 bridgehead atoms. The highest BCUT2D eigenvalue weighted by Crippen LogP contribution is 2.31. The zero-order valence-electron chi connectivity index (χ0n) is 14.6. The molecule has 26 heavy (non-hydrogen) atoms. The molecule has 1 saturated carbocycles. The second-order valence-corrected chi connectivity index (χ2v) is 9.07. The lowest BCUT2D eigenvalue weighted by Gasteiger charge is -2.31. The maximum absolute atomic E-state index is 12.5. The first kappa shape index (κ1) is 17.7. The van der Waals surface area contributed by atoms with E-state index < -0.39 is 0 Å². The summed E-state index contributed by atoms with van der Waals surface area (Å²) < 4.78 is 0. The van der Waals surface area contributed by atoms with Gasteiger partial charge in [-0.25, -0.2) is 4.79 Å². The molecule has 1 aliphatic carbocycles. The van der Waals surface area contributed by atoms with E-state index in [9.17, 15) is 9.59 Å². The van der Waals surface area contributed by atoms with Crippen molar-refractivity contribution in [2.45, 2.75) is 44.2 Å². The zero-order valence-corrected chi connectivity index (χ0v) is 16.3. The average molecular weight is 391 g/mol. The van der Waals surface area contributed by atoms with Crippen LogP contribution in [0, 0.1) is 0 Å². The molecular weight excluding hydrogens is 366 g/mol. The Morgan fingerprint density at radius 1 is 1.15 bits per heavy atom. The van der Waals surface area contributed by atoms with Crippen LogP contribution in [0.1, 0.15) is 47.0 Å². The summed E-state index contributed by atoms with van der Waals surface area (Å²) in [7, 11) is 0. The van der Waals surface area contributed by atoms with Crippen molar-refractivity contribution in [2.24, 2.45) is 0 Å². The Hall–Kier alpha value is -1.70. The highest BCUT2D eigenvalue weighted by atomic mass is 32.1. The number of carbonyl (C=O) groups excluding carboxylic acids is 2. The van der Waals surface area contributed by atoms with Crippen LogP contribution in [0.15, 0.2) is 29.0 Å². The molecule has 2 aliphatic rings. The smallest absolute Gasteiger partial charge is 0.321 e. The predicted octanol–water partition coefficient (Wildman–Crippen LogP) is 2.11. The van der Waals surface area contributed by atoms with Gasteiger partial charge in [-0.2, -0.15) is 0 Å². The van der Waals surface area contributed by atoms with Gasteiger partial charge in [0.2, 0.25) is 0 Å². The first-order valence-corrected chi connectivity index (χ1v) is 11.0. The largest absolute Gasteiger partial charge is 0.335 e. The Balaban J connectivity index is 1.41. The zero-order chi connectivity index (χ0) is 17.9. The van der Waals surface area contributed by atoms with Gasteiger partial charge in [-0.05, 0) is 35.7 Å². The number of nitrogens with one attached hydrogen (secondary N) is 3. The molecule has 2 atom stereocenters. The van der Waals surface area contributed by atoms with Crippen molar-refractivity contribution >= 4 is 34.6 Å². The third-order valence-electron chi connectivity index (χ3n) is 5.33. The Kier molecular flexibility index (Phi) is 5.38. The molecule has 0 radical (unpaired) electrons. The fraction of sp³-hybridized carbons (Fsp3) is 0.474. The Morgan fingerprint density at radius 2 is 2.00 bits per heavy atom. The summed E-state index contributed by atoms with van der Waals surface area (Å²) in [6.45, 7) is 1.23. The summed E-state index contributed by atoms with van der Waals surface area (Å²) in [6.07, 6.45) is 5.33. The summed E-state index contributed by atoms with van der Waals surface area (Å²) >= 11 is 3.54. The van der Waals surface area contributed by atoms with E-state index in [1.165, 1.54) is 20.2 Å². The van der Waals surface area contributed by atoms with Crippen LogP contribution < -0.4 is 15.5 Å². The van der Waals surface area contributed by atoms with E-state index in [1.54, 1.807) is 22.7 Å². The van der Waals surface area contributed by atoms with Crippen molar-refractivity contribution < 1.29 is 14.5 Å². The van der Waals surface area contributed by atoms with Crippen molar-refractivity contribution in [3.63, 3.8) is 0 Å². The second-order valence-electron chi connectivity index (χ2n) is 7.09. The number of hydrogen-bond acceptors (Lipinski definition) is 4. The lowest BCUT2D eigenvalue weighted by Crippen LogP contribution is -3.14. The molecule has 3 amide bonds. The van der Waals surface area contributed by atoms with Gasteiger partial charge in [-0.1, -0.05) is 18.9 Å². The van der Waals surface area contributed by atoms with Crippen LogP contribution >= 0.6 is 22.7 Å². The fourth-order valence-corrected chi connectivity index (χ4v) is 5.94. The van der Waals surface area contributed by atoms with Gasteiger partial charge in [0.15, 0.2) is 6.54 Å². The van der Waals surface area contributed by atoms with E-state index in [0.717, 1.165) is 38.6 Å². The molecule has 138 valence electrons. The van der Waals surface area contributed by atoms with Gasteiger partial charge in [-0.3, -0.25) is 10.1 Å². The van der Waals surface area contributed by atoms with E-state index in [2.05, 4.69) is 39.6 Å². The van der Waals surface area contributed by atoms with Crippen LogP contribution in [-0.2, 0) is 11.2 Å². The Bertz CT molecular complexity index is 766. The minimum Gasteiger partial charge on any atom is -0.335 e. The van der Waals surface area contributed by atoms with Gasteiger partial charge in [0.1, 0.15) is 6.04 Å². The highest BCUT2D eigenvalue weighted by molar-refractivity contribution is 7.10. The van der Waals surface area contributed by atoms with Crippen LogP contribution in [0.3, 0.4) is 0 Å². The maximum atomic E-state index is 12.5. The third kappa shape index (κ3) is 3.84. The van der Waals surface area contributed by atoms with Crippen LogP contribution in [0.25, 0.3) is 0 Å². The van der Waals surface area contributed by atoms with Crippen molar-refractivity contribution in [1.82, 2.24) is 10.6 Å². The Labute approximate surface area is 161 Å². The molecule has 4 rings (SSSR count). The van der Waals surface area contributed by atoms with E-state index in [4.69, 9.17) is 0 Å². The first-order valence-electron chi connectivity index (χ1n) is 9.25. The normalized spacial score (nSPS) is 22.8. The molecule has 3 N–H and O–H groups in total. The molecule has 7 heteroatoms. The minimum absolute atomic E-state index is 0.189.